The van der Waals surface area contributed by atoms with Crippen LogP contribution in [-0.2, 0) is 4.79 Å². The molecule has 2 aromatic heterocycles. The first-order chi connectivity index (χ1) is 14.2. The molecular weight excluding hydrogens is 373 g/mol. The SMILES string of the molecule is CNCC(=O)Nc1nn(-c2cccc(F)c2)c2cccc(Oc3cccnc3)c12. The number of nitrogens with zero attached hydrogens (tertiary/aromatic N) is 3. The number of carbonyl (C=O) groups excluding carboxylic acids is 1. The minimum absolute atomic E-state index is 0.125. The van der Waals surface area contributed by atoms with Gasteiger partial charge in [0.2, 0.25) is 5.91 Å². The molecule has 0 saturated carbocycles. The van der Waals surface area contributed by atoms with Crippen molar-refractivity contribution in [2.75, 3.05) is 18.9 Å². The van der Waals surface area contributed by atoms with Crippen molar-refractivity contribution in [3.05, 3.63) is 72.8 Å². The quantitative estimate of drug-likeness (QED) is 0.526. The highest BCUT2D eigenvalue weighted by atomic mass is 19.1. The van der Waals surface area contributed by atoms with E-state index in [4.69, 9.17) is 4.74 Å². The topological polar surface area (TPSA) is 81.1 Å². The van der Waals surface area contributed by atoms with E-state index in [2.05, 4.69) is 20.7 Å². The maximum Gasteiger partial charge on any atom is 0.239 e. The van der Waals surface area contributed by atoms with E-state index in [-0.39, 0.29) is 18.3 Å². The molecule has 2 aromatic carbocycles. The molecule has 2 N–H and O–H groups in total. The summed E-state index contributed by atoms with van der Waals surface area (Å²) in [4.78, 5) is 16.2. The van der Waals surface area contributed by atoms with E-state index in [1.165, 1.54) is 12.1 Å². The van der Waals surface area contributed by atoms with Crippen molar-refractivity contribution in [2.24, 2.45) is 0 Å². The summed E-state index contributed by atoms with van der Waals surface area (Å²) in [7, 11) is 1.68. The minimum atomic E-state index is -0.380. The molecule has 0 saturated heterocycles. The molecule has 0 fully saturated rings. The van der Waals surface area contributed by atoms with Gasteiger partial charge in [0.15, 0.2) is 5.82 Å². The average Bonchev–Trinajstić information content (AvgIpc) is 3.08. The molecule has 8 heteroatoms. The number of nitrogens with one attached hydrogen (secondary N) is 2. The highest BCUT2D eigenvalue weighted by Crippen LogP contribution is 2.36. The van der Waals surface area contributed by atoms with Gasteiger partial charge in [-0.25, -0.2) is 9.07 Å². The third kappa shape index (κ3) is 3.92. The summed E-state index contributed by atoms with van der Waals surface area (Å²) in [6.45, 7) is 0.125. The largest absolute Gasteiger partial charge is 0.455 e. The lowest BCUT2D eigenvalue weighted by Gasteiger charge is -2.08. The predicted octanol–water partition coefficient (Wildman–Crippen LogP) is 3.51. The Morgan fingerprint density at radius 2 is 2.03 bits per heavy atom. The van der Waals surface area contributed by atoms with E-state index in [0.717, 1.165) is 0 Å². The van der Waals surface area contributed by atoms with Crippen molar-refractivity contribution in [1.29, 1.82) is 0 Å². The first-order valence-electron chi connectivity index (χ1n) is 8.96. The van der Waals surface area contributed by atoms with E-state index in [0.29, 0.717) is 33.9 Å². The Balaban J connectivity index is 1.87. The van der Waals surface area contributed by atoms with Crippen LogP contribution >= 0.6 is 0 Å². The lowest BCUT2D eigenvalue weighted by Crippen LogP contribution is -2.25. The number of aromatic nitrogens is 3. The van der Waals surface area contributed by atoms with Crippen LogP contribution in [0.25, 0.3) is 16.6 Å². The Labute approximate surface area is 166 Å². The van der Waals surface area contributed by atoms with Crippen LogP contribution in [0.15, 0.2) is 67.0 Å². The molecule has 0 spiro atoms. The predicted molar refractivity (Wildman–Crippen MR) is 108 cm³/mol. The van der Waals surface area contributed by atoms with Gasteiger partial charge in [0, 0.05) is 6.20 Å². The van der Waals surface area contributed by atoms with E-state index in [9.17, 15) is 9.18 Å². The number of anilines is 1. The summed E-state index contributed by atoms with van der Waals surface area (Å²) < 4.78 is 21.3. The van der Waals surface area contributed by atoms with Gasteiger partial charge in [0.1, 0.15) is 17.3 Å². The second-order valence-electron chi connectivity index (χ2n) is 6.26. The van der Waals surface area contributed by atoms with Crippen molar-refractivity contribution in [1.82, 2.24) is 20.1 Å². The van der Waals surface area contributed by atoms with Gasteiger partial charge in [-0.1, -0.05) is 12.1 Å². The number of halogens is 1. The summed E-state index contributed by atoms with van der Waals surface area (Å²) >= 11 is 0. The number of amides is 1. The molecule has 0 unspecified atom stereocenters. The minimum Gasteiger partial charge on any atom is -0.455 e. The van der Waals surface area contributed by atoms with Gasteiger partial charge in [-0.15, -0.1) is 5.10 Å². The maximum absolute atomic E-state index is 13.8. The normalized spacial score (nSPS) is 10.8. The fourth-order valence-electron chi connectivity index (χ4n) is 2.99. The molecule has 4 aromatic rings. The summed E-state index contributed by atoms with van der Waals surface area (Å²) in [5.74, 6) is 0.733. The average molecular weight is 391 g/mol. The van der Waals surface area contributed by atoms with Crippen LogP contribution in [0.3, 0.4) is 0 Å². The van der Waals surface area contributed by atoms with Crippen LogP contribution in [0.4, 0.5) is 10.2 Å². The Morgan fingerprint density at radius 3 is 2.79 bits per heavy atom. The highest BCUT2D eigenvalue weighted by Gasteiger charge is 2.19. The zero-order valence-electron chi connectivity index (χ0n) is 15.6. The molecule has 0 radical (unpaired) electrons. The van der Waals surface area contributed by atoms with Crippen molar-refractivity contribution in [2.45, 2.75) is 0 Å². The smallest absolute Gasteiger partial charge is 0.239 e. The molecule has 29 heavy (non-hydrogen) atoms. The summed E-state index contributed by atoms with van der Waals surface area (Å²) in [6, 6.07) is 15.0. The van der Waals surface area contributed by atoms with Gasteiger partial charge >= 0.3 is 0 Å². The number of likely N-dealkylation sites (N-methyl/N-ethyl adjacent to an activating group) is 1. The molecule has 0 atom stereocenters. The van der Waals surface area contributed by atoms with Crippen LogP contribution in [0.2, 0.25) is 0 Å². The lowest BCUT2D eigenvalue weighted by molar-refractivity contribution is -0.115. The van der Waals surface area contributed by atoms with Crippen molar-refractivity contribution >= 4 is 22.6 Å². The molecule has 1 amide bonds. The summed E-state index contributed by atoms with van der Waals surface area (Å²) in [6.07, 6.45) is 3.24. The van der Waals surface area contributed by atoms with Gasteiger partial charge in [0.05, 0.1) is 29.3 Å². The Kier molecular flexibility index (Phi) is 5.17. The monoisotopic (exact) mass is 391 g/mol. The highest BCUT2D eigenvalue weighted by molar-refractivity contribution is 6.03. The van der Waals surface area contributed by atoms with Crippen LogP contribution < -0.4 is 15.4 Å². The Morgan fingerprint density at radius 1 is 1.17 bits per heavy atom. The maximum atomic E-state index is 13.8. The van der Waals surface area contributed by atoms with Gasteiger partial charge in [-0.3, -0.25) is 9.78 Å². The number of ether oxygens (including phenoxy) is 1. The van der Waals surface area contributed by atoms with E-state index >= 15 is 0 Å². The van der Waals surface area contributed by atoms with Crippen LogP contribution in [0, 0.1) is 5.82 Å². The summed E-state index contributed by atoms with van der Waals surface area (Å²) in [5.41, 5.74) is 1.19. The second kappa shape index (κ2) is 8.07. The van der Waals surface area contributed by atoms with E-state index in [1.54, 1.807) is 54.5 Å². The van der Waals surface area contributed by atoms with E-state index in [1.807, 2.05) is 12.1 Å². The lowest BCUT2D eigenvalue weighted by atomic mass is 10.2. The summed E-state index contributed by atoms with van der Waals surface area (Å²) in [5, 5.41) is 10.7. The molecular formula is C21H18FN5O2. The molecule has 0 bridgehead atoms. The van der Waals surface area contributed by atoms with Crippen molar-refractivity contribution in [3.8, 4) is 17.2 Å². The molecule has 146 valence electrons. The first-order valence-corrected chi connectivity index (χ1v) is 8.96. The van der Waals surface area contributed by atoms with Crippen molar-refractivity contribution in [3.63, 3.8) is 0 Å². The number of benzene rings is 2. The molecule has 2 heterocycles. The van der Waals surface area contributed by atoms with Crippen LogP contribution in [0.1, 0.15) is 0 Å². The Bertz CT molecular complexity index is 1160. The number of carbonyl (C=O) groups is 1. The number of hydrogen-bond acceptors (Lipinski definition) is 5. The first kappa shape index (κ1) is 18.6. The van der Waals surface area contributed by atoms with Gasteiger partial charge in [-0.05, 0) is 49.5 Å². The number of rotatable bonds is 6. The van der Waals surface area contributed by atoms with E-state index < -0.39 is 0 Å². The third-order valence-corrected chi connectivity index (χ3v) is 4.18. The molecule has 0 aliphatic heterocycles. The zero-order chi connectivity index (χ0) is 20.2. The van der Waals surface area contributed by atoms with Crippen LogP contribution in [0.5, 0.6) is 11.5 Å². The van der Waals surface area contributed by atoms with Crippen molar-refractivity contribution < 1.29 is 13.9 Å². The third-order valence-electron chi connectivity index (χ3n) is 4.18. The zero-order valence-corrected chi connectivity index (χ0v) is 15.6. The molecule has 4 rings (SSSR count). The number of fused-ring (bicyclic) bond motifs is 1. The fourth-order valence-corrected chi connectivity index (χ4v) is 2.99. The number of hydrogen-bond donors (Lipinski definition) is 2. The van der Waals surface area contributed by atoms with Gasteiger partial charge in [-0.2, -0.15) is 0 Å². The fraction of sp³-hybridized carbons (Fsp3) is 0.0952. The Hall–Kier alpha value is -3.78. The second-order valence-corrected chi connectivity index (χ2v) is 6.26. The van der Waals surface area contributed by atoms with Crippen LogP contribution in [-0.4, -0.2) is 34.3 Å². The molecule has 0 aliphatic rings. The van der Waals surface area contributed by atoms with Gasteiger partial charge < -0.3 is 15.4 Å². The molecule has 7 nitrogen and oxygen atoms in total. The molecule has 0 aliphatic carbocycles. The number of pyridine rings is 1. The standard InChI is InChI=1S/C21H18FN5O2/c1-23-13-19(28)25-21-20-17(27(26-21)15-6-2-5-14(22)11-15)8-3-9-18(20)29-16-7-4-10-24-12-16/h2-12,23H,13H2,1H3,(H,25,26,28). The van der Waals surface area contributed by atoms with Gasteiger partial charge in [0.25, 0.3) is 0 Å².